The molecule has 0 fully saturated rings. The Hall–Kier alpha value is -0.830. The van der Waals surface area contributed by atoms with Crippen molar-refractivity contribution in [3.8, 4) is 0 Å². The van der Waals surface area contributed by atoms with Crippen molar-refractivity contribution < 1.29 is 15.0 Å². The second-order valence-electron chi connectivity index (χ2n) is 5.90. The standard InChI is InChI=1S/C18H34O3/c1-2-3-4-5-6-7-8-9-10-11-12-13-14-17(19)15-16-18(20)21/h10-11,17,19H,2-9,12-16H2,1H3,(H,20,21)/b11-10-. The van der Waals surface area contributed by atoms with E-state index in [-0.39, 0.29) is 6.42 Å². The summed E-state index contributed by atoms with van der Waals surface area (Å²) in [5.41, 5.74) is 0. The molecule has 0 rings (SSSR count). The molecule has 21 heavy (non-hydrogen) atoms. The van der Waals surface area contributed by atoms with E-state index in [0.29, 0.717) is 12.8 Å². The minimum Gasteiger partial charge on any atom is -0.481 e. The number of allylic oxidation sites excluding steroid dienone is 2. The number of carbonyl (C=O) groups is 1. The predicted octanol–water partition coefficient (Wildman–Crippen LogP) is 5.08. The third-order valence-corrected chi connectivity index (χ3v) is 3.74. The van der Waals surface area contributed by atoms with E-state index in [4.69, 9.17) is 5.11 Å². The maximum absolute atomic E-state index is 10.4. The van der Waals surface area contributed by atoms with Gasteiger partial charge in [-0.3, -0.25) is 4.79 Å². The van der Waals surface area contributed by atoms with Gasteiger partial charge in [0.15, 0.2) is 0 Å². The molecular weight excluding hydrogens is 264 g/mol. The largest absolute Gasteiger partial charge is 0.481 e. The summed E-state index contributed by atoms with van der Waals surface area (Å²) in [5, 5.41) is 18.1. The molecule has 0 aliphatic rings. The first-order chi connectivity index (χ1) is 10.2. The number of hydrogen-bond donors (Lipinski definition) is 2. The normalized spacial score (nSPS) is 12.9. The average molecular weight is 298 g/mol. The molecule has 3 nitrogen and oxygen atoms in total. The highest BCUT2D eigenvalue weighted by Gasteiger charge is 2.05. The smallest absolute Gasteiger partial charge is 0.303 e. The van der Waals surface area contributed by atoms with Crippen LogP contribution in [-0.2, 0) is 4.79 Å². The highest BCUT2D eigenvalue weighted by Crippen LogP contribution is 2.10. The molecule has 0 radical (unpaired) electrons. The Bertz CT molecular complexity index is 261. The average Bonchev–Trinajstić information content (AvgIpc) is 2.46. The fraction of sp³-hybridized carbons (Fsp3) is 0.833. The lowest BCUT2D eigenvalue weighted by Gasteiger charge is -2.07. The van der Waals surface area contributed by atoms with Gasteiger partial charge in [-0.05, 0) is 38.5 Å². The second-order valence-corrected chi connectivity index (χ2v) is 5.90. The van der Waals surface area contributed by atoms with Gasteiger partial charge in [-0.2, -0.15) is 0 Å². The van der Waals surface area contributed by atoms with Gasteiger partial charge in [0.05, 0.1) is 6.10 Å². The van der Waals surface area contributed by atoms with Gasteiger partial charge < -0.3 is 10.2 Å². The number of carboxylic acid groups (broad SMARTS) is 1. The molecule has 1 atom stereocenters. The Kier molecular flexibility index (Phi) is 14.9. The van der Waals surface area contributed by atoms with Crippen LogP contribution in [0, 0.1) is 0 Å². The zero-order valence-corrected chi connectivity index (χ0v) is 13.7. The van der Waals surface area contributed by atoms with Gasteiger partial charge >= 0.3 is 5.97 Å². The summed E-state index contributed by atoms with van der Waals surface area (Å²) >= 11 is 0. The van der Waals surface area contributed by atoms with Gasteiger partial charge in [0.2, 0.25) is 0 Å². The zero-order chi connectivity index (χ0) is 15.8. The SMILES string of the molecule is CCCCCCCCC/C=C\CCCC(O)CCC(=O)O. The minimum absolute atomic E-state index is 0.0647. The van der Waals surface area contributed by atoms with Crippen LogP contribution in [0.15, 0.2) is 12.2 Å². The molecule has 2 N–H and O–H groups in total. The summed E-state index contributed by atoms with van der Waals surface area (Å²) in [6, 6.07) is 0. The summed E-state index contributed by atoms with van der Waals surface area (Å²) in [6.07, 6.45) is 17.6. The molecule has 0 heterocycles. The van der Waals surface area contributed by atoms with Gasteiger partial charge in [0.25, 0.3) is 0 Å². The third-order valence-electron chi connectivity index (χ3n) is 3.74. The maximum atomic E-state index is 10.4. The van der Waals surface area contributed by atoms with Crippen molar-refractivity contribution in [3.63, 3.8) is 0 Å². The fourth-order valence-corrected chi connectivity index (χ4v) is 2.36. The molecule has 0 bridgehead atoms. The Balaban J connectivity index is 3.23. The first-order valence-electron chi connectivity index (χ1n) is 8.71. The van der Waals surface area contributed by atoms with E-state index >= 15 is 0 Å². The highest BCUT2D eigenvalue weighted by atomic mass is 16.4. The van der Waals surface area contributed by atoms with Gasteiger partial charge in [0.1, 0.15) is 0 Å². The molecule has 0 aliphatic carbocycles. The van der Waals surface area contributed by atoms with Crippen molar-refractivity contribution in [3.05, 3.63) is 12.2 Å². The molecule has 0 aromatic heterocycles. The van der Waals surface area contributed by atoms with Crippen LogP contribution in [0.2, 0.25) is 0 Å². The highest BCUT2D eigenvalue weighted by molar-refractivity contribution is 5.66. The fourth-order valence-electron chi connectivity index (χ4n) is 2.36. The Morgan fingerprint density at radius 3 is 2.10 bits per heavy atom. The molecule has 0 saturated heterocycles. The summed E-state index contributed by atoms with van der Waals surface area (Å²) in [7, 11) is 0. The predicted molar refractivity (Wildman–Crippen MR) is 88.5 cm³/mol. The van der Waals surface area contributed by atoms with E-state index in [1.807, 2.05) is 0 Å². The van der Waals surface area contributed by atoms with Gasteiger partial charge in [-0.15, -0.1) is 0 Å². The maximum Gasteiger partial charge on any atom is 0.303 e. The summed E-state index contributed by atoms with van der Waals surface area (Å²) in [5.74, 6) is -0.830. The van der Waals surface area contributed by atoms with Crippen molar-refractivity contribution in [1.29, 1.82) is 0 Å². The van der Waals surface area contributed by atoms with Crippen molar-refractivity contribution in [2.75, 3.05) is 0 Å². The first-order valence-corrected chi connectivity index (χ1v) is 8.71. The van der Waals surface area contributed by atoms with Crippen molar-refractivity contribution >= 4 is 5.97 Å². The van der Waals surface area contributed by atoms with E-state index < -0.39 is 12.1 Å². The van der Waals surface area contributed by atoms with E-state index in [0.717, 1.165) is 19.3 Å². The van der Waals surface area contributed by atoms with Crippen LogP contribution in [0.4, 0.5) is 0 Å². The second kappa shape index (κ2) is 15.6. The molecule has 124 valence electrons. The number of carboxylic acids is 1. The summed E-state index contributed by atoms with van der Waals surface area (Å²) in [6.45, 7) is 2.25. The Morgan fingerprint density at radius 1 is 0.905 bits per heavy atom. The topological polar surface area (TPSA) is 57.5 Å². The molecule has 0 aromatic rings. The lowest BCUT2D eigenvalue weighted by atomic mass is 10.1. The lowest BCUT2D eigenvalue weighted by Crippen LogP contribution is -2.08. The molecule has 3 heteroatoms. The van der Waals surface area contributed by atoms with Gasteiger partial charge in [-0.1, -0.05) is 57.6 Å². The number of aliphatic hydroxyl groups excluding tert-OH is 1. The van der Waals surface area contributed by atoms with E-state index in [1.54, 1.807) is 0 Å². The molecule has 1 unspecified atom stereocenters. The molecule has 0 aliphatic heterocycles. The van der Waals surface area contributed by atoms with E-state index in [1.165, 1.54) is 44.9 Å². The Labute approximate surface area is 130 Å². The van der Waals surface area contributed by atoms with Crippen LogP contribution in [0.5, 0.6) is 0 Å². The lowest BCUT2D eigenvalue weighted by molar-refractivity contribution is -0.137. The van der Waals surface area contributed by atoms with Crippen LogP contribution in [0.1, 0.15) is 90.4 Å². The first kappa shape index (κ1) is 20.2. The van der Waals surface area contributed by atoms with Crippen LogP contribution in [0.25, 0.3) is 0 Å². The third kappa shape index (κ3) is 17.1. The molecule has 0 spiro atoms. The van der Waals surface area contributed by atoms with Crippen LogP contribution in [0.3, 0.4) is 0 Å². The minimum atomic E-state index is -0.830. The van der Waals surface area contributed by atoms with E-state index in [9.17, 15) is 9.90 Å². The molecular formula is C18H34O3. The van der Waals surface area contributed by atoms with Crippen LogP contribution in [-0.4, -0.2) is 22.3 Å². The van der Waals surface area contributed by atoms with Crippen molar-refractivity contribution in [1.82, 2.24) is 0 Å². The van der Waals surface area contributed by atoms with Crippen molar-refractivity contribution in [2.24, 2.45) is 0 Å². The van der Waals surface area contributed by atoms with Crippen LogP contribution < -0.4 is 0 Å². The number of rotatable bonds is 15. The van der Waals surface area contributed by atoms with E-state index in [2.05, 4.69) is 19.1 Å². The number of hydrogen-bond acceptors (Lipinski definition) is 2. The zero-order valence-electron chi connectivity index (χ0n) is 13.7. The summed E-state index contributed by atoms with van der Waals surface area (Å²) < 4.78 is 0. The summed E-state index contributed by atoms with van der Waals surface area (Å²) in [4.78, 5) is 10.4. The van der Waals surface area contributed by atoms with Crippen molar-refractivity contribution in [2.45, 2.75) is 96.5 Å². The number of unbranched alkanes of at least 4 members (excludes halogenated alkanes) is 8. The molecule has 0 saturated carbocycles. The molecule has 0 aromatic carbocycles. The quantitative estimate of drug-likeness (QED) is 0.327. The number of aliphatic hydroxyl groups is 1. The van der Waals surface area contributed by atoms with Gasteiger partial charge in [0, 0.05) is 6.42 Å². The monoisotopic (exact) mass is 298 g/mol. The van der Waals surface area contributed by atoms with Crippen LogP contribution >= 0.6 is 0 Å². The Morgan fingerprint density at radius 2 is 1.48 bits per heavy atom. The number of aliphatic carboxylic acids is 1. The molecule has 0 amide bonds. The van der Waals surface area contributed by atoms with Gasteiger partial charge in [-0.25, -0.2) is 0 Å².